The quantitative estimate of drug-likeness (QED) is 0.649. The van der Waals surface area contributed by atoms with Crippen LogP contribution in [0, 0.1) is 0 Å². The van der Waals surface area contributed by atoms with Crippen molar-refractivity contribution >= 4 is 6.03 Å². The first-order valence-electron chi connectivity index (χ1n) is 6.07. The summed E-state index contributed by atoms with van der Waals surface area (Å²) in [6, 6.07) is 0.0771. The smallest absolute Gasteiger partial charge is 0.317 e. The first kappa shape index (κ1) is 13.3. The van der Waals surface area contributed by atoms with Crippen molar-refractivity contribution < 1.29 is 9.53 Å². The van der Waals surface area contributed by atoms with Crippen molar-refractivity contribution in [2.75, 3.05) is 46.4 Å². The van der Waals surface area contributed by atoms with Crippen LogP contribution in [0.4, 0.5) is 4.79 Å². The Labute approximate surface area is 97.5 Å². The molecule has 0 spiro atoms. The van der Waals surface area contributed by atoms with E-state index in [0.29, 0.717) is 13.2 Å². The fourth-order valence-electron chi connectivity index (χ4n) is 1.77. The molecular formula is C11H23N3O2. The molecule has 1 rings (SSSR count). The van der Waals surface area contributed by atoms with Gasteiger partial charge in [0.25, 0.3) is 0 Å². The van der Waals surface area contributed by atoms with Gasteiger partial charge in [-0.3, -0.25) is 0 Å². The maximum absolute atomic E-state index is 11.6. The minimum Gasteiger partial charge on any atom is -0.383 e. The van der Waals surface area contributed by atoms with Gasteiger partial charge >= 0.3 is 6.03 Å². The van der Waals surface area contributed by atoms with E-state index in [2.05, 4.69) is 10.6 Å². The average Bonchev–Trinajstić information content (AvgIpc) is 2.34. The van der Waals surface area contributed by atoms with Gasteiger partial charge in [0, 0.05) is 39.8 Å². The zero-order valence-electron chi connectivity index (χ0n) is 10.1. The Hall–Kier alpha value is -0.810. The maximum Gasteiger partial charge on any atom is 0.317 e. The van der Waals surface area contributed by atoms with Crippen molar-refractivity contribution in [3.8, 4) is 0 Å². The summed E-state index contributed by atoms with van der Waals surface area (Å²) in [5, 5.41) is 6.10. The Morgan fingerprint density at radius 2 is 1.94 bits per heavy atom. The monoisotopic (exact) mass is 229 g/mol. The molecule has 1 heterocycles. The lowest BCUT2D eigenvalue weighted by Gasteiger charge is -2.26. The molecule has 0 aromatic heterocycles. The van der Waals surface area contributed by atoms with Crippen LogP contribution >= 0.6 is 0 Å². The summed E-state index contributed by atoms with van der Waals surface area (Å²) >= 11 is 0. The van der Waals surface area contributed by atoms with E-state index in [-0.39, 0.29) is 6.03 Å². The van der Waals surface area contributed by atoms with Gasteiger partial charge in [0.05, 0.1) is 6.61 Å². The molecule has 1 saturated heterocycles. The number of hydrogen-bond acceptors (Lipinski definition) is 3. The summed E-state index contributed by atoms with van der Waals surface area (Å²) in [4.78, 5) is 13.6. The van der Waals surface area contributed by atoms with Gasteiger partial charge in [-0.15, -0.1) is 0 Å². The lowest BCUT2D eigenvalue weighted by Crippen LogP contribution is -2.44. The zero-order valence-corrected chi connectivity index (χ0v) is 10.1. The highest BCUT2D eigenvalue weighted by Crippen LogP contribution is 2.07. The Morgan fingerprint density at radius 3 is 2.62 bits per heavy atom. The van der Waals surface area contributed by atoms with E-state index in [1.807, 2.05) is 4.90 Å². The number of methoxy groups -OCH3 is 1. The fourth-order valence-corrected chi connectivity index (χ4v) is 1.77. The van der Waals surface area contributed by atoms with Crippen molar-refractivity contribution in [1.29, 1.82) is 0 Å². The Bertz CT molecular complexity index is 194. The predicted molar refractivity (Wildman–Crippen MR) is 63.6 cm³/mol. The third-order valence-electron chi connectivity index (χ3n) is 2.70. The minimum absolute atomic E-state index is 0.0771. The van der Waals surface area contributed by atoms with Gasteiger partial charge in [0.1, 0.15) is 0 Å². The van der Waals surface area contributed by atoms with Crippen LogP contribution in [0.1, 0.15) is 19.3 Å². The Balaban J connectivity index is 1.97. The van der Waals surface area contributed by atoms with Crippen LogP contribution in [0.15, 0.2) is 0 Å². The van der Waals surface area contributed by atoms with E-state index in [1.165, 1.54) is 6.42 Å². The first-order chi connectivity index (χ1) is 7.84. The molecule has 1 fully saturated rings. The third-order valence-corrected chi connectivity index (χ3v) is 2.70. The first-order valence-corrected chi connectivity index (χ1v) is 6.07. The number of amides is 2. The van der Waals surface area contributed by atoms with Crippen LogP contribution in [0.5, 0.6) is 0 Å². The topological polar surface area (TPSA) is 53.6 Å². The van der Waals surface area contributed by atoms with Gasteiger partial charge in [0.15, 0.2) is 0 Å². The van der Waals surface area contributed by atoms with Crippen molar-refractivity contribution in [3.63, 3.8) is 0 Å². The van der Waals surface area contributed by atoms with Crippen molar-refractivity contribution in [3.05, 3.63) is 0 Å². The van der Waals surface area contributed by atoms with E-state index in [0.717, 1.165) is 39.0 Å². The molecule has 5 heteroatoms. The van der Waals surface area contributed by atoms with Gasteiger partial charge in [0.2, 0.25) is 0 Å². The van der Waals surface area contributed by atoms with Gasteiger partial charge in [-0.05, 0) is 19.3 Å². The number of urea groups is 1. The molecule has 0 bridgehead atoms. The van der Waals surface area contributed by atoms with Gasteiger partial charge in [-0.25, -0.2) is 4.79 Å². The molecule has 5 nitrogen and oxygen atoms in total. The molecule has 0 atom stereocenters. The third kappa shape index (κ3) is 5.32. The Kier molecular flexibility index (Phi) is 6.92. The molecular weight excluding hydrogens is 206 g/mol. The number of nitrogens with one attached hydrogen (secondary N) is 2. The minimum atomic E-state index is 0.0771. The predicted octanol–water partition coefficient (Wildman–Crippen LogP) is 0.418. The van der Waals surface area contributed by atoms with Crippen molar-refractivity contribution in [2.45, 2.75) is 19.3 Å². The average molecular weight is 229 g/mol. The second-order valence-corrected chi connectivity index (χ2v) is 4.02. The van der Waals surface area contributed by atoms with Gasteiger partial charge in [-0.1, -0.05) is 0 Å². The van der Waals surface area contributed by atoms with Crippen LogP contribution in [0.25, 0.3) is 0 Å². The molecule has 1 aliphatic rings. The van der Waals surface area contributed by atoms with Crippen molar-refractivity contribution in [2.24, 2.45) is 0 Å². The molecule has 16 heavy (non-hydrogen) atoms. The molecule has 0 aromatic carbocycles. The fraction of sp³-hybridized carbons (Fsp3) is 0.909. The highest BCUT2D eigenvalue weighted by atomic mass is 16.5. The second-order valence-electron chi connectivity index (χ2n) is 4.02. The number of likely N-dealkylation sites (tertiary alicyclic amines) is 1. The number of rotatable bonds is 6. The number of ether oxygens (including phenoxy) is 1. The molecule has 2 amide bonds. The standard InChI is InChI=1S/C11H23N3O2/c1-16-10-7-12-5-6-13-11(15)14-8-3-2-4-9-14/h12H,2-10H2,1H3,(H,13,15). The molecule has 2 N–H and O–H groups in total. The summed E-state index contributed by atoms with van der Waals surface area (Å²) in [5.41, 5.74) is 0. The number of carbonyl (C=O) groups excluding carboxylic acids is 1. The zero-order chi connectivity index (χ0) is 11.6. The van der Waals surface area contributed by atoms with E-state index >= 15 is 0 Å². The number of carbonyl (C=O) groups is 1. The number of hydrogen-bond donors (Lipinski definition) is 2. The van der Waals surface area contributed by atoms with E-state index in [9.17, 15) is 4.79 Å². The Morgan fingerprint density at radius 1 is 1.19 bits per heavy atom. The molecule has 0 aromatic rings. The van der Waals surface area contributed by atoms with Crippen molar-refractivity contribution in [1.82, 2.24) is 15.5 Å². The van der Waals surface area contributed by atoms with Crippen LogP contribution in [0.2, 0.25) is 0 Å². The summed E-state index contributed by atoms with van der Waals surface area (Å²) in [7, 11) is 1.68. The second kappa shape index (κ2) is 8.35. The largest absolute Gasteiger partial charge is 0.383 e. The van der Waals surface area contributed by atoms with Crippen LogP contribution < -0.4 is 10.6 Å². The summed E-state index contributed by atoms with van der Waals surface area (Å²) in [6.45, 7) is 4.82. The highest BCUT2D eigenvalue weighted by Gasteiger charge is 2.15. The van der Waals surface area contributed by atoms with Crippen LogP contribution in [-0.2, 0) is 4.74 Å². The highest BCUT2D eigenvalue weighted by molar-refractivity contribution is 5.74. The molecule has 94 valence electrons. The molecule has 0 aliphatic carbocycles. The maximum atomic E-state index is 11.6. The van der Waals surface area contributed by atoms with Crippen LogP contribution in [0.3, 0.4) is 0 Å². The molecule has 0 unspecified atom stereocenters. The summed E-state index contributed by atoms with van der Waals surface area (Å²) in [6.07, 6.45) is 3.53. The SMILES string of the molecule is COCCNCCNC(=O)N1CCCCC1. The van der Waals surface area contributed by atoms with E-state index in [1.54, 1.807) is 7.11 Å². The molecule has 0 radical (unpaired) electrons. The summed E-state index contributed by atoms with van der Waals surface area (Å²) in [5.74, 6) is 0. The normalized spacial score (nSPS) is 16.2. The van der Waals surface area contributed by atoms with Crippen LogP contribution in [-0.4, -0.2) is 57.4 Å². The van der Waals surface area contributed by atoms with E-state index in [4.69, 9.17) is 4.74 Å². The summed E-state index contributed by atoms with van der Waals surface area (Å²) < 4.78 is 4.91. The molecule has 1 aliphatic heterocycles. The number of piperidine rings is 1. The lowest BCUT2D eigenvalue weighted by atomic mass is 10.1. The van der Waals surface area contributed by atoms with Gasteiger partial charge < -0.3 is 20.3 Å². The molecule has 0 saturated carbocycles. The number of nitrogens with zero attached hydrogens (tertiary/aromatic N) is 1. The van der Waals surface area contributed by atoms with Gasteiger partial charge in [-0.2, -0.15) is 0 Å². The lowest BCUT2D eigenvalue weighted by molar-refractivity contribution is 0.185. The van der Waals surface area contributed by atoms with E-state index < -0.39 is 0 Å².